The average Bonchev–Trinajstić information content (AvgIpc) is 2.96. The van der Waals surface area contributed by atoms with E-state index in [1.165, 1.54) is 4.88 Å². The Labute approximate surface area is 123 Å². The van der Waals surface area contributed by atoms with Crippen molar-refractivity contribution in [2.24, 2.45) is 11.3 Å². The molecule has 1 aromatic rings. The summed E-state index contributed by atoms with van der Waals surface area (Å²) in [6, 6.07) is 3.98. The van der Waals surface area contributed by atoms with E-state index in [0.717, 1.165) is 4.88 Å². The third kappa shape index (κ3) is 2.73. The molecule has 2 rings (SSSR count). The summed E-state index contributed by atoms with van der Waals surface area (Å²) in [5.41, 5.74) is -0.777. The summed E-state index contributed by atoms with van der Waals surface area (Å²) < 4.78 is 0. The van der Waals surface area contributed by atoms with Crippen LogP contribution in [0.25, 0.3) is 0 Å². The number of carbonyl (C=O) groups excluding carboxylic acids is 1. The second-order valence-corrected chi connectivity index (χ2v) is 7.24. The summed E-state index contributed by atoms with van der Waals surface area (Å²) >= 11 is 1.62. The van der Waals surface area contributed by atoms with Gasteiger partial charge in [0, 0.05) is 22.8 Å². The van der Waals surface area contributed by atoms with Crippen molar-refractivity contribution in [3.05, 3.63) is 21.9 Å². The highest BCUT2D eigenvalue weighted by atomic mass is 32.1. The molecule has 20 heavy (non-hydrogen) atoms. The highest BCUT2D eigenvalue weighted by Gasteiger charge is 2.48. The first-order valence-electron chi connectivity index (χ1n) is 6.91. The van der Waals surface area contributed by atoms with Crippen LogP contribution in [0.1, 0.15) is 30.0 Å². The van der Waals surface area contributed by atoms with Crippen LogP contribution in [0.3, 0.4) is 0 Å². The molecule has 0 aliphatic carbocycles. The molecule has 1 aliphatic rings. The zero-order chi connectivity index (χ0) is 14.9. The minimum Gasteiger partial charge on any atom is -0.481 e. The molecule has 1 aromatic heterocycles. The van der Waals surface area contributed by atoms with E-state index in [4.69, 9.17) is 0 Å². The van der Waals surface area contributed by atoms with Gasteiger partial charge in [-0.05, 0) is 31.4 Å². The summed E-state index contributed by atoms with van der Waals surface area (Å²) in [4.78, 5) is 27.8. The molecule has 0 spiro atoms. The fraction of sp³-hybridized carbons (Fsp3) is 0.600. The first kappa shape index (κ1) is 15.0. The molecule has 110 valence electrons. The van der Waals surface area contributed by atoms with E-state index < -0.39 is 11.4 Å². The summed E-state index contributed by atoms with van der Waals surface area (Å²) in [5.74, 6) is -0.716. The van der Waals surface area contributed by atoms with Crippen LogP contribution in [0.5, 0.6) is 0 Å². The summed E-state index contributed by atoms with van der Waals surface area (Å²) in [6.07, 6.45) is 0.932. The molecule has 4 nitrogen and oxygen atoms in total. The van der Waals surface area contributed by atoms with Crippen LogP contribution in [-0.2, 0) is 16.0 Å². The van der Waals surface area contributed by atoms with Gasteiger partial charge in [0.05, 0.1) is 11.8 Å². The van der Waals surface area contributed by atoms with E-state index in [9.17, 15) is 14.7 Å². The minimum absolute atomic E-state index is 0.0294. The van der Waals surface area contributed by atoms with Crippen molar-refractivity contribution in [1.29, 1.82) is 0 Å². The van der Waals surface area contributed by atoms with Gasteiger partial charge in [-0.15, -0.1) is 11.3 Å². The third-order valence-electron chi connectivity index (χ3n) is 4.31. The van der Waals surface area contributed by atoms with E-state index in [1.807, 2.05) is 32.9 Å². The third-order valence-corrected chi connectivity index (χ3v) is 5.31. The Kier molecular flexibility index (Phi) is 4.18. The zero-order valence-corrected chi connectivity index (χ0v) is 13.0. The number of hydrogen-bond donors (Lipinski definition) is 1. The largest absolute Gasteiger partial charge is 0.481 e. The van der Waals surface area contributed by atoms with Crippen molar-refractivity contribution in [2.75, 3.05) is 13.1 Å². The standard InChI is InChI=1S/C15H21NO3S/c1-10(2)15(14(18)19)6-7-16(9-15)13(17)8-12-5-4-11(3)20-12/h4-5,10H,6-9H2,1-3H3,(H,18,19). The molecule has 1 amide bonds. The van der Waals surface area contributed by atoms with Crippen LogP contribution >= 0.6 is 11.3 Å². The molecule has 0 bridgehead atoms. The average molecular weight is 295 g/mol. The first-order chi connectivity index (χ1) is 9.35. The Balaban J connectivity index is 2.05. The van der Waals surface area contributed by atoms with Gasteiger partial charge in [-0.2, -0.15) is 0 Å². The maximum absolute atomic E-state index is 12.3. The lowest BCUT2D eigenvalue weighted by molar-refractivity contribution is -0.151. The van der Waals surface area contributed by atoms with Crippen LogP contribution in [0.4, 0.5) is 0 Å². The van der Waals surface area contributed by atoms with E-state index >= 15 is 0 Å². The Morgan fingerprint density at radius 2 is 2.15 bits per heavy atom. The minimum atomic E-state index is -0.783. The Bertz CT molecular complexity index is 523. The predicted octanol–water partition coefficient (Wildman–Crippen LogP) is 2.56. The first-order valence-corrected chi connectivity index (χ1v) is 7.73. The van der Waals surface area contributed by atoms with Gasteiger partial charge in [0.25, 0.3) is 0 Å². The number of rotatable bonds is 4. The quantitative estimate of drug-likeness (QED) is 0.928. The number of nitrogens with zero attached hydrogens (tertiary/aromatic N) is 1. The number of carbonyl (C=O) groups is 2. The maximum atomic E-state index is 12.3. The van der Waals surface area contributed by atoms with Crippen molar-refractivity contribution < 1.29 is 14.7 Å². The fourth-order valence-corrected chi connectivity index (χ4v) is 3.66. The van der Waals surface area contributed by atoms with Crippen molar-refractivity contribution in [1.82, 2.24) is 4.90 Å². The number of aryl methyl sites for hydroxylation is 1. The number of amides is 1. The molecule has 1 aliphatic heterocycles. The molecule has 1 N–H and O–H groups in total. The van der Waals surface area contributed by atoms with E-state index in [2.05, 4.69) is 0 Å². The molecule has 0 saturated carbocycles. The number of carboxylic acids is 1. The topological polar surface area (TPSA) is 57.6 Å². The van der Waals surface area contributed by atoms with E-state index in [0.29, 0.717) is 25.9 Å². The summed E-state index contributed by atoms with van der Waals surface area (Å²) in [5, 5.41) is 9.49. The number of aliphatic carboxylic acids is 1. The highest BCUT2D eigenvalue weighted by Crippen LogP contribution is 2.38. The SMILES string of the molecule is Cc1ccc(CC(=O)N2CCC(C(=O)O)(C(C)C)C2)s1. The van der Waals surface area contributed by atoms with Crippen molar-refractivity contribution in [3.63, 3.8) is 0 Å². The summed E-state index contributed by atoms with van der Waals surface area (Å²) in [7, 11) is 0. The van der Waals surface area contributed by atoms with Crippen LogP contribution in [0.2, 0.25) is 0 Å². The molecule has 1 saturated heterocycles. The molecule has 1 atom stereocenters. The lowest BCUT2D eigenvalue weighted by Gasteiger charge is -2.28. The zero-order valence-electron chi connectivity index (χ0n) is 12.2. The van der Waals surface area contributed by atoms with Gasteiger partial charge in [-0.1, -0.05) is 13.8 Å². The van der Waals surface area contributed by atoms with Gasteiger partial charge in [-0.3, -0.25) is 9.59 Å². The van der Waals surface area contributed by atoms with Crippen molar-refractivity contribution >= 4 is 23.2 Å². The van der Waals surface area contributed by atoms with Gasteiger partial charge in [0.1, 0.15) is 0 Å². The summed E-state index contributed by atoms with van der Waals surface area (Å²) in [6.45, 7) is 6.75. The maximum Gasteiger partial charge on any atom is 0.311 e. The smallest absolute Gasteiger partial charge is 0.311 e. The van der Waals surface area contributed by atoms with Crippen molar-refractivity contribution in [2.45, 2.75) is 33.6 Å². The molecule has 0 radical (unpaired) electrons. The Hall–Kier alpha value is -1.36. The Morgan fingerprint density at radius 1 is 1.45 bits per heavy atom. The number of carboxylic acid groups (broad SMARTS) is 1. The van der Waals surface area contributed by atoms with Crippen LogP contribution in [0, 0.1) is 18.3 Å². The van der Waals surface area contributed by atoms with Crippen LogP contribution in [0.15, 0.2) is 12.1 Å². The number of hydrogen-bond acceptors (Lipinski definition) is 3. The van der Waals surface area contributed by atoms with Gasteiger partial charge in [-0.25, -0.2) is 0 Å². The molecule has 5 heteroatoms. The number of likely N-dealkylation sites (tertiary alicyclic amines) is 1. The van der Waals surface area contributed by atoms with Gasteiger partial charge in [0.2, 0.25) is 5.91 Å². The molecule has 0 aromatic carbocycles. The molecule has 1 fully saturated rings. The monoisotopic (exact) mass is 295 g/mol. The van der Waals surface area contributed by atoms with Crippen LogP contribution < -0.4 is 0 Å². The normalized spacial score (nSPS) is 22.5. The fourth-order valence-electron chi connectivity index (χ4n) is 2.78. The predicted molar refractivity (Wildman–Crippen MR) is 78.9 cm³/mol. The van der Waals surface area contributed by atoms with Gasteiger partial charge >= 0.3 is 5.97 Å². The molecule has 2 heterocycles. The van der Waals surface area contributed by atoms with E-state index in [-0.39, 0.29) is 11.8 Å². The lowest BCUT2D eigenvalue weighted by Crippen LogP contribution is -2.40. The van der Waals surface area contributed by atoms with Gasteiger partial charge < -0.3 is 10.0 Å². The lowest BCUT2D eigenvalue weighted by atomic mass is 9.76. The van der Waals surface area contributed by atoms with Crippen molar-refractivity contribution in [3.8, 4) is 0 Å². The van der Waals surface area contributed by atoms with Crippen LogP contribution in [-0.4, -0.2) is 35.0 Å². The van der Waals surface area contributed by atoms with Gasteiger partial charge in [0.15, 0.2) is 0 Å². The highest BCUT2D eigenvalue weighted by molar-refractivity contribution is 7.12. The molecular formula is C15H21NO3S. The van der Waals surface area contributed by atoms with E-state index in [1.54, 1.807) is 16.2 Å². The second kappa shape index (κ2) is 5.56. The number of thiophene rings is 1. The molecule has 1 unspecified atom stereocenters. The second-order valence-electron chi connectivity index (χ2n) is 5.87. The Morgan fingerprint density at radius 3 is 2.60 bits per heavy atom. The molecular weight excluding hydrogens is 274 g/mol.